The number of fused-ring (bicyclic) bond motifs is 7. The molecular weight excluding hydrogens is 897 g/mol. The largest absolute Gasteiger partial charge is 0.481 e. The number of carbonyl (C=O) groups is 2. The van der Waals surface area contributed by atoms with Crippen LogP contribution in [0, 0.1) is 50.2 Å². The van der Waals surface area contributed by atoms with Crippen LogP contribution in [0.1, 0.15) is 106 Å². The van der Waals surface area contributed by atoms with Crippen molar-refractivity contribution in [3.63, 3.8) is 0 Å². The van der Waals surface area contributed by atoms with Gasteiger partial charge in [0.15, 0.2) is 25.0 Å². The molecule has 0 unspecified atom stereocenters. The van der Waals surface area contributed by atoms with Crippen molar-refractivity contribution >= 4 is 11.9 Å². The summed E-state index contributed by atoms with van der Waals surface area (Å²) in [7, 11) is 0. The third-order valence-electron chi connectivity index (χ3n) is 19.8. The molecule has 0 radical (unpaired) electrons. The zero-order valence-electron chi connectivity index (χ0n) is 40.0. The highest BCUT2D eigenvalue weighted by Crippen LogP contribution is 2.76. The SMILES string of the molecule is C[C@@H]1O[C@@H](O[C@H]2[C@H](O[C@H]3[C@H](O[C@H]4CC[C@@]5(C)[C@H](CC[C@]6(C)[C@H]5CC=C5[C@@H]7C[C@](C)(C(=O)O)C[C@@H](O)[C@]7(C)CC[C@]56C)[C@@]4(C)CO)O[C@H](C(=O)O)[C@@H](O)[C@@H]3O)O[C@H](CO)[C@H](O)[C@@H]2O)[C@H](O)[C@H](O)[C@H]1O. The van der Waals surface area contributed by atoms with E-state index in [1.54, 1.807) is 6.92 Å². The van der Waals surface area contributed by atoms with Gasteiger partial charge in [0, 0.05) is 10.8 Å². The molecule has 8 aliphatic rings. The number of hydrogen-bond donors (Lipinski definition) is 12. The molecule has 3 saturated heterocycles. The number of aliphatic hydroxyl groups is 10. The Morgan fingerprint density at radius 2 is 1.29 bits per heavy atom. The average Bonchev–Trinajstić information content (AvgIpc) is 3.28. The molecule has 20 heteroatoms. The van der Waals surface area contributed by atoms with E-state index in [-0.39, 0.29) is 47.0 Å². The topological polar surface area (TPSA) is 332 Å². The average molecular weight is 973 g/mol. The lowest BCUT2D eigenvalue weighted by atomic mass is 9.33. The summed E-state index contributed by atoms with van der Waals surface area (Å²) in [6, 6.07) is 0. The predicted octanol–water partition coefficient (Wildman–Crippen LogP) is -0.231. The molecule has 0 spiro atoms. The fraction of sp³-hybridized carbons (Fsp3) is 0.917. The van der Waals surface area contributed by atoms with Crippen LogP contribution >= 0.6 is 0 Å². The van der Waals surface area contributed by atoms with Crippen LogP contribution in [0.2, 0.25) is 0 Å². The summed E-state index contributed by atoms with van der Waals surface area (Å²) >= 11 is 0. The molecule has 0 amide bonds. The molecule has 20 nitrogen and oxygen atoms in total. The van der Waals surface area contributed by atoms with Gasteiger partial charge in [-0.3, -0.25) is 4.79 Å². The Balaban J connectivity index is 1.08. The van der Waals surface area contributed by atoms with Crippen molar-refractivity contribution in [3.05, 3.63) is 11.6 Å². The minimum Gasteiger partial charge on any atom is -0.481 e. The van der Waals surface area contributed by atoms with Crippen molar-refractivity contribution in [1.29, 1.82) is 0 Å². The minimum absolute atomic E-state index is 0.114. The maximum absolute atomic E-state index is 12.6. The second-order valence-electron chi connectivity index (χ2n) is 23.3. The second kappa shape index (κ2) is 18.2. The monoisotopic (exact) mass is 972 g/mol. The van der Waals surface area contributed by atoms with E-state index in [0.29, 0.717) is 32.1 Å². The first-order valence-corrected chi connectivity index (χ1v) is 24.4. The molecule has 12 N–H and O–H groups in total. The molecule has 5 aliphatic carbocycles. The highest BCUT2D eigenvalue weighted by molar-refractivity contribution is 5.74. The van der Waals surface area contributed by atoms with Gasteiger partial charge in [-0.05, 0) is 106 Å². The number of ether oxygens (including phenoxy) is 6. The lowest BCUT2D eigenvalue weighted by Crippen LogP contribution is -2.68. The van der Waals surface area contributed by atoms with Crippen molar-refractivity contribution in [2.24, 2.45) is 50.2 Å². The second-order valence-corrected chi connectivity index (χ2v) is 23.3. The fourth-order valence-electron chi connectivity index (χ4n) is 15.1. The standard InChI is InChI=1S/C48H76O20/c1-20-28(52)30(54)34(58)39(63-20)67-36-31(55)29(53)23(18-49)64-40(36)68-37-33(57)32(56)35(38(59)60)66-41(37)65-27-11-12-45(4)24(46(27,5)19-50)10-13-48(7)25(45)9-8-21-22-16-43(2,42(61)62)17-26(51)44(22,3)14-15-47(21,48)6/h8,20,22-37,39-41,49-58H,9-19H2,1-7H3,(H,59,60)(H,61,62)/t20-,22-,23+,24-,25-,26+,27-,28-,29-,30+,31-,32-,33-,34+,35-,36+,37+,39-,40-,41+,43-,44+,45-,46+,47+,48+/m0/s1. The summed E-state index contributed by atoms with van der Waals surface area (Å²) in [6.07, 6.45) is -20.6. The summed E-state index contributed by atoms with van der Waals surface area (Å²) in [6.45, 7) is 12.9. The van der Waals surface area contributed by atoms with E-state index in [4.69, 9.17) is 28.4 Å². The Hall–Kier alpha value is -1.96. The van der Waals surface area contributed by atoms with E-state index in [9.17, 15) is 70.9 Å². The van der Waals surface area contributed by atoms with Crippen LogP contribution in [-0.4, -0.2) is 191 Å². The number of rotatable bonds is 10. The molecule has 3 aliphatic heterocycles. The Morgan fingerprint density at radius 1 is 0.662 bits per heavy atom. The molecule has 7 fully saturated rings. The molecule has 8 rings (SSSR count). The summed E-state index contributed by atoms with van der Waals surface area (Å²) < 4.78 is 36.1. The normalized spacial score (nSPS) is 56.0. The maximum Gasteiger partial charge on any atom is 0.335 e. The third-order valence-corrected chi connectivity index (χ3v) is 19.8. The zero-order valence-corrected chi connectivity index (χ0v) is 40.0. The summed E-state index contributed by atoms with van der Waals surface area (Å²) in [5.74, 6) is -2.68. The Bertz CT molecular complexity index is 1920. The Kier molecular flexibility index (Phi) is 14.0. The quantitative estimate of drug-likeness (QED) is 0.0994. The molecular formula is C48H76O20. The molecule has 3 heterocycles. The summed E-state index contributed by atoms with van der Waals surface area (Å²) in [4.78, 5) is 25.1. The van der Waals surface area contributed by atoms with Gasteiger partial charge in [-0.15, -0.1) is 0 Å². The van der Waals surface area contributed by atoms with Crippen LogP contribution in [0.4, 0.5) is 0 Å². The van der Waals surface area contributed by atoms with Gasteiger partial charge >= 0.3 is 11.9 Å². The van der Waals surface area contributed by atoms with E-state index in [1.807, 2.05) is 6.92 Å². The Labute approximate surface area is 396 Å². The van der Waals surface area contributed by atoms with Crippen molar-refractivity contribution in [2.75, 3.05) is 13.2 Å². The van der Waals surface area contributed by atoms with Gasteiger partial charge in [-0.25, -0.2) is 4.79 Å². The van der Waals surface area contributed by atoms with Crippen molar-refractivity contribution in [3.8, 4) is 0 Å². The minimum atomic E-state index is -2.10. The van der Waals surface area contributed by atoms with Crippen LogP contribution in [0.15, 0.2) is 11.6 Å². The van der Waals surface area contributed by atoms with E-state index in [1.165, 1.54) is 12.5 Å². The first-order chi connectivity index (χ1) is 31.7. The van der Waals surface area contributed by atoms with E-state index in [0.717, 1.165) is 19.3 Å². The molecule has 26 atom stereocenters. The van der Waals surface area contributed by atoms with Gasteiger partial charge in [-0.2, -0.15) is 0 Å². The number of carboxylic acid groups (broad SMARTS) is 2. The molecule has 4 saturated carbocycles. The van der Waals surface area contributed by atoms with Crippen molar-refractivity contribution in [2.45, 2.75) is 211 Å². The number of hydrogen-bond acceptors (Lipinski definition) is 18. The van der Waals surface area contributed by atoms with Gasteiger partial charge in [-0.1, -0.05) is 46.3 Å². The number of aliphatic carboxylic acids is 2. The highest BCUT2D eigenvalue weighted by atomic mass is 16.8. The summed E-state index contributed by atoms with van der Waals surface area (Å²) in [5.41, 5.74) is -2.20. The molecule has 0 aromatic carbocycles. The van der Waals surface area contributed by atoms with Gasteiger partial charge in [0.2, 0.25) is 0 Å². The van der Waals surface area contributed by atoms with Crippen LogP contribution in [0.25, 0.3) is 0 Å². The number of carboxylic acids is 2. The highest BCUT2D eigenvalue weighted by Gasteiger charge is 2.70. The van der Waals surface area contributed by atoms with Crippen LogP contribution in [-0.2, 0) is 38.0 Å². The molecule has 0 aromatic rings. The van der Waals surface area contributed by atoms with E-state index in [2.05, 4.69) is 33.8 Å². The number of allylic oxidation sites excluding steroid dienone is 2. The molecule has 68 heavy (non-hydrogen) atoms. The molecule has 0 bridgehead atoms. The number of aliphatic hydroxyl groups excluding tert-OH is 10. The van der Waals surface area contributed by atoms with Crippen LogP contribution in [0.3, 0.4) is 0 Å². The summed E-state index contributed by atoms with van der Waals surface area (Å²) in [5, 5.41) is 130. The van der Waals surface area contributed by atoms with Gasteiger partial charge < -0.3 is 89.7 Å². The van der Waals surface area contributed by atoms with Gasteiger partial charge in [0.25, 0.3) is 0 Å². The first kappa shape index (κ1) is 52.4. The smallest absolute Gasteiger partial charge is 0.335 e. The predicted molar refractivity (Wildman–Crippen MR) is 233 cm³/mol. The fourth-order valence-corrected chi connectivity index (χ4v) is 15.1. The van der Waals surface area contributed by atoms with Gasteiger partial charge in [0.1, 0.15) is 61.0 Å². The molecule has 0 aromatic heterocycles. The third kappa shape index (κ3) is 7.85. The van der Waals surface area contributed by atoms with E-state index < -0.39 is 139 Å². The zero-order chi connectivity index (χ0) is 50.0. The van der Waals surface area contributed by atoms with Crippen molar-refractivity contribution < 1.29 is 99.3 Å². The lowest BCUT2D eigenvalue weighted by molar-refractivity contribution is -0.396. The first-order valence-electron chi connectivity index (χ1n) is 24.4. The Morgan fingerprint density at radius 3 is 1.91 bits per heavy atom. The van der Waals surface area contributed by atoms with Crippen LogP contribution < -0.4 is 0 Å². The molecule has 388 valence electrons. The maximum atomic E-state index is 12.6. The van der Waals surface area contributed by atoms with Crippen molar-refractivity contribution in [1.82, 2.24) is 0 Å². The van der Waals surface area contributed by atoms with E-state index >= 15 is 0 Å². The van der Waals surface area contributed by atoms with Crippen LogP contribution in [0.5, 0.6) is 0 Å². The lowest BCUT2D eigenvalue weighted by Gasteiger charge is -2.71. The van der Waals surface area contributed by atoms with Gasteiger partial charge in [0.05, 0.1) is 36.9 Å².